The molecule has 0 saturated carbocycles. The molecule has 16 heavy (non-hydrogen) atoms. The van der Waals surface area contributed by atoms with E-state index in [1.165, 1.54) is 0 Å². The average Bonchev–Trinajstić information content (AvgIpc) is 2.64. The van der Waals surface area contributed by atoms with Crippen LogP contribution in [0.25, 0.3) is 0 Å². The maximum absolute atomic E-state index is 6.12. The molecule has 0 aliphatic rings. The van der Waals surface area contributed by atoms with Gasteiger partial charge in [0.05, 0.1) is 5.69 Å². The van der Waals surface area contributed by atoms with E-state index in [0.717, 1.165) is 23.2 Å². The highest BCUT2D eigenvalue weighted by atomic mass is 15.2. The molecule has 0 aliphatic heterocycles. The average molecular weight is 216 g/mol. The second-order valence-corrected chi connectivity index (χ2v) is 4.09. The first kappa shape index (κ1) is 10.8. The summed E-state index contributed by atoms with van der Waals surface area (Å²) in [4.78, 5) is 4.15. The Bertz CT molecular complexity index is 475. The number of nitrogens with zero attached hydrogens (tertiary/aromatic N) is 3. The Morgan fingerprint density at radius 1 is 1.44 bits per heavy atom. The molecule has 0 aromatic carbocycles. The Morgan fingerprint density at radius 2 is 2.25 bits per heavy atom. The molecule has 0 fully saturated rings. The minimum absolute atomic E-state index is 0.0395. The second-order valence-electron chi connectivity index (χ2n) is 4.09. The Labute approximate surface area is 95.1 Å². The van der Waals surface area contributed by atoms with Crippen LogP contribution in [0.3, 0.4) is 0 Å². The Hall–Kier alpha value is -1.68. The lowest BCUT2D eigenvalue weighted by atomic mass is 10.0. The van der Waals surface area contributed by atoms with Crippen molar-refractivity contribution in [2.45, 2.75) is 19.4 Å². The van der Waals surface area contributed by atoms with E-state index in [4.69, 9.17) is 5.73 Å². The van der Waals surface area contributed by atoms with E-state index in [1.54, 1.807) is 4.68 Å². The quantitative estimate of drug-likeness (QED) is 0.843. The van der Waals surface area contributed by atoms with Crippen LogP contribution in [0.2, 0.25) is 0 Å². The van der Waals surface area contributed by atoms with Crippen LogP contribution in [0.1, 0.15) is 22.9 Å². The van der Waals surface area contributed by atoms with Gasteiger partial charge in [-0.05, 0) is 24.1 Å². The first-order valence-electron chi connectivity index (χ1n) is 5.31. The van der Waals surface area contributed by atoms with Crippen molar-refractivity contribution >= 4 is 0 Å². The second kappa shape index (κ2) is 4.45. The third-order valence-corrected chi connectivity index (χ3v) is 2.52. The standard InChI is InChI=1S/C12H16N4/c1-9-5-10(8-14-7-9)12(13)6-11-3-4-16(2)15-11/h3-5,7-8,12H,6,13H2,1-2H3. The van der Waals surface area contributed by atoms with E-state index >= 15 is 0 Å². The van der Waals surface area contributed by atoms with Crippen LogP contribution in [0.4, 0.5) is 0 Å². The lowest BCUT2D eigenvalue weighted by molar-refractivity contribution is 0.673. The summed E-state index contributed by atoms with van der Waals surface area (Å²) in [5.41, 5.74) is 9.32. The van der Waals surface area contributed by atoms with Gasteiger partial charge in [-0.25, -0.2) is 0 Å². The van der Waals surface area contributed by atoms with Gasteiger partial charge in [0.15, 0.2) is 0 Å². The molecule has 0 amide bonds. The molecule has 0 saturated heterocycles. The predicted octanol–water partition coefficient (Wildman–Crippen LogP) is 1.37. The van der Waals surface area contributed by atoms with Gasteiger partial charge in [0.1, 0.15) is 0 Å². The lowest BCUT2D eigenvalue weighted by Gasteiger charge is -2.10. The van der Waals surface area contributed by atoms with Crippen LogP contribution in [-0.4, -0.2) is 14.8 Å². The van der Waals surface area contributed by atoms with Gasteiger partial charge in [0.25, 0.3) is 0 Å². The summed E-state index contributed by atoms with van der Waals surface area (Å²) in [6.45, 7) is 2.02. The van der Waals surface area contributed by atoms with E-state index in [9.17, 15) is 0 Å². The monoisotopic (exact) mass is 216 g/mol. The van der Waals surface area contributed by atoms with Gasteiger partial charge < -0.3 is 5.73 Å². The Morgan fingerprint density at radius 3 is 2.88 bits per heavy atom. The third-order valence-electron chi connectivity index (χ3n) is 2.52. The molecule has 2 N–H and O–H groups in total. The van der Waals surface area contributed by atoms with Gasteiger partial charge in [-0.15, -0.1) is 0 Å². The zero-order chi connectivity index (χ0) is 11.5. The van der Waals surface area contributed by atoms with Gasteiger partial charge in [0, 0.05) is 38.1 Å². The molecule has 84 valence electrons. The van der Waals surface area contributed by atoms with Gasteiger partial charge in [-0.1, -0.05) is 6.07 Å². The minimum atomic E-state index is -0.0395. The zero-order valence-electron chi connectivity index (χ0n) is 9.59. The van der Waals surface area contributed by atoms with Crippen molar-refractivity contribution in [3.8, 4) is 0 Å². The normalized spacial score (nSPS) is 12.7. The molecule has 4 nitrogen and oxygen atoms in total. The number of aromatic nitrogens is 3. The summed E-state index contributed by atoms with van der Waals surface area (Å²) in [6.07, 6.45) is 6.32. The van der Waals surface area contributed by atoms with Gasteiger partial charge in [0.2, 0.25) is 0 Å². The molecule has 2 heterocycles. The van der Waals surface area contributed by atoms with Crippen LogP contribution >= 0.6 is 0 Å². The van der Waals surface area contributed by atoms with E-state index in [1.807, 2.05) is 38.6 Å². The fourth-order valence-corrected chi connectivity index (χ4v) is 1.70. The lowest BCUT2D eigenvalue weighted by Crippen LogP contribution is -2.14. The van der Waals surface area contributed by atoms with Crippen molar-refractivity contribution in [3.05, 3.63) is 47.5 Å². The van der Waals surface area contributed by atoms with Crippen molar-refractivity contribution in [1.29, 1.82) is 0 Å². The van der Waals surface area contributed by atoms with Crippen LogP contribution in [0, 0.1) is 6.92 Å². The molecule has 0 radical (unpaired) electrons. The number of hydrogen-bond donors (Lipinski definition) is 1. The first-order chi connectivity index (χ1) is 7.65. The molecular weight excluding hydrogens is 200 g/mol. The fourth-order valence-electron chi connectivity index (χ4n) is 1.70. The Kier molecular flexibility index (Phi) is 3.01. The Balaban J connectivity index is 2.11. The number of hydrogen-bond acceptors (Lipinski definition) is 3. The number of nitrogens with two attached hydrogens (primary N) is 1. The molecule has 0 aliphatic carbocycles. The number of aryl methyl sites for hydroxylation is 2. The summed E-state index contributed by atoms with van der Waals surface area (Å²) in [7, 11) is 1.91. The summed E-state index contributed by atoms with van der Waals surface area (Å²) in [6, 6.07) is 4.02. The molecule has 4 heteroatoms. The summed E-state index contributed by atoms with van der Waals surface area (Å²) in [5, 5.41) is 4.31. The molecular formula is C12H16N4. The number of rotatable bonds is 3. The molecule has 1 atom stereocenters. The maximum atomic E-state index is 6.12. The first-order valence-corrected chi connectivity index (χ1v) is 5.31. The highest BCUT2D eigenvalue weighted by Gasteiger charge is 2.09. The minimum Gasteiger partial charge on any atom is -0.324 e. The van der Waals surface area contributed by atoms with Gasteiger partial charge in [-0.3, -0.25) is 9.67 Å². The van der Waals surface area contributed by atoms with Crippen LogP contribution in [0.15, 0.2) is 30.7 Å². The van der Waals surface area contributed by atoms with Crippen molar-refractivity contribution in [1.82, 2.24) is 14.8 Å². The predicted molar refractivity (Wildman–Crippen MR) is 62.8 cm³/mol. The van der Waals surface area contributed by atoms with Crippen LogP contribution in [-0.2, 0) is 13.5 Å². The summed E-state index contributed by atoms with van der Waals surface area (Å²) >= 11 is 0. The summed E-state index contributed by atoms with van der Waals surface area (Å²) in [5.74, 6) is 0. The van der Waals surface area contributed by atoms with Crippen molar-refractivity contribution in [3.63, 3.8) is 0 Å². The summed E-state index contributed by atoms with van der Waals surface area (Å²) < 4.78 is 1.79. The van der Waals surface area contributed by atoms with E-state index in [-0.39, 0.29) is 6.04 Å². The molecule has 2 rings (SSSR count). The topological polar surface area (TPSA) is 56.7 Å². The van der Waals surface area contributed by atoms with Crippen molar-refractivity contribution < 1.29 is 0 Å². The molecule has 0 bridgehead atoms. The van der Waals surface area contributed by atoms with Crippen molar-refractivity contribution in [2.24, 2.45) is 12.8 Å². The maximum Gasteiger partial charge on any atom is 0.0643 e. The van der Waals surface area contributed by atoms with E-state index in [0.29, 0.717) is 0 Å². The third kappa shape index (κ3) is 2.46. The highest BCUT2D eigenvalue weighted by Crippen LogP contribution is 2.14. The molecule has 2 aromatic heterocycles. The molecule has 0 spiro atoms. The largest absolute Gasteiger partial charge is 0.324 e. The fraction of sp³-hybridized carbons (Fsp3) is 0.333. The molecule has 2 aromatic rings. The van der Waals surface area contributed by atoms with Crippen LogP contribution in [0.5, 0.6) is 0 Å². The smallest absolute Gasteiger partial charge is 0.0643 e. The van der Waals surface area contributed by atoms with Gasteiger partial charge in [-0.2, -0.15) is 5.10 Å². The van der Waals surface area contributed by atoms with Crippen molar-refractivity contribution in [2.75, 3.05) is 0 Å². The zero-order valence-corrected chi connectivity index (χ0v) is 9.59. The SMILES string of the molecule is Cc1cncc(C(N)Cc2ccn(C)n2)c1. The highest BCUT2D eigenvalue weighted by molar-refractivity contribution is 5.21. The van der Waals surface area contributed by atoms with Crippen LogP contribution < -0.4 is 5.73 Å². The number of pyridine rings is 1. The van der Waals surface area contributed by atoms with E-state index in [2.05, 4.69) is 16.1 Å². The van der Waals surface area contributed by atoms with E-state index < -0.39 is 0 Å². The van der Waals surface area contributed by atoms with Gasteiger partial charge >= 0.3 is 0 Å². The molecule has 1 unspecified atom stereocenters.